The number of aliphatic hydroxyl groups excluding tert-OH is 1. The number of hydrogen-bond donors (Lipinski definition) is 2. The van der Waals surface area contributed by atoms with Gasteiger partial charge in [-0.2, -0.15) is 5.10 Å². The smallest absolute Gasteiger partial charge is 0.257 e. The first kappa shape index (κ1) is 14.2. The van der Waals surface area contributed by atoms with Crippen LogP contribution in [0.1, 0.15) is 22.2 Å². The summed E-state index contributed by atoms with van der Waals surface area (Å²) in [6.07, 6.45) is 6.68. The molecule has 3 aromatic rings. The molecule has 0 radical (unpaired) electrons. The highest BCUT2D eigenvalue weighted by atomic mass is 16.3. The van der Waals surface area contributed by atoms with E-state index in [0.29, 0.717) is 17.1 Å². The largest absolute Gasteiger partial charge is 0.467 e. The lowest BCUT2D eigenvalue weighted by Gasteiger charge is -2.14. The Hall–Kier alpha value is -2.80. The Morgan fingerprint density at radius 1 is 1.41 bits per heavy atom. The first-order valence-corrected chi connectivity index (χ1v) is 6.81. The zero-order chi connectivity index (χ0) is 15.5. The van der Waals surface area contributed by atoms with Gasteiger partial charge in [-0.25, -0.2) is 0 Å². The highest BCUT2D eigenvalue weighted by Gasteiger charge is 2.22. The van der Waals surface area contributed by atoms with E-state index in [9.17, 15) is 9.90 Å². The van der Waals surface area contributed by atoms with E-state index in [4.69, 9.17) is 4.42 Å². The van der Waals surface area contributed by atoms with Gasteiger partial charge >= 0.3 is 0 Å². The van der Waals surface area contributed by atoms with Gasteiger partial charge in [-0.05, 0) is 24.3 Å². The summed E-state index contributed by atoms with van der Waals surface area (Å²) >= 11 is 0. The highest BCUT2D eigenvalue weighted by Crippen LogP contribution is 2.17. The van der Waals surface area contributed by atoms with E-state index in [0.717, 1.165) is 0 Å². The van der Waals surface area contributed by atoms with E-state index in [1.54, 1.807) is 23.9 Å². The summed E-state index contributed by atoms with van der Waals surface area (Å²) in [5.74, 6) is 0.827. The Kier molecular flexibility index (Phi) is 3.80. The molecule has 3 aromatic heterocycles. The fourth-order valence-corrected chi connectivity index (χ4v) is 2.31. The fraction of sp³-hybridized carbons (Fsp3) is 0.200. The van der Waals surface area contributed by atoms with E-state index >= 15 is 0 Å². The van der Waals surface area contributed by atoms with Crippen LogP contribution in [0.3, 0.4) is 0 Å². The molecular formula is C15H16N4O3. The molecule has 0 aliphatic rings. The van der Waals surface area contributed by atoms with E-state index in [1.165, 1.54) is 12.5 Å². The van der Waals surface area contributed by atoms with Gasteiger partial charge in [-0.3, -0.25) is 9.48 Å². The Morgan fingerprint density at radius 3 is 2.82 bits per heavy atom. The van der Waals surface area contributed by atoms with Crippen molar-refractivity contribution in [1.29, 1.82) is 0 Å². The second-order valence-corrected chi connectivity index (χ2v) is 4.82. The molecule has 0 saturated carbocycles. The predicted octanol–water partition coefficient (Wildman–Crippen LogP) is 1.27. The normalized spacial score (nSPS) is 12.3. The number of nitrogens with zero attached hydrogens (tertiary/aromatic N) is 3. The molecule has 0 saturated heterocycles. The topological polar surface area (TPSA) is 85.2 Å². The number of nitrogens with one attached hydrogen (secondary N) is 1. The van der Waals surface area contributed by atoms with Crippen molar-refractivity contribution in [1.82, 2.24) is 19.7 Å². The van der Waals surface area contributed by atoms with Crippen LogP contribution in [0.25, 0.3) is 5.82 Å². The molecule has 0 spiro atoms. The molecule has 1 amide bonds. The van der Waals surface area contributed by atoms with Crippen molar-refractivity contribution in [3.05, 3.63) is 60.4 Å². The van der Waals surface area contributed by atoms with Gasteiger partial charge in [-0.15, -0.1) is 0 Å². The minimum absolute atomic E-state index is 0.252. The molecule has 0 aliphatic carbocycles. The molecule has 7 heteroatoms. The van der Waals surface area contributed by atoms with Crippen molar-refractivity contribution in [2.45, 2.75) is 6.04 Å². The molecule has 2 N–H and O–H groups in total. The lowest BCUT2D eigenvalue weighted by Crippen LogP contribution is -2.31. The number of furan rings is 1. The third-order valence-corrected chi connectivity index (χ3v) is 3.38. The van der Waals surface area contributed by atoms with Gasteiger partial charge in [0.15, 0.2) is 0 Å². The van der Waals surface area contributed by atoms with Crippen LogP contribution in [-0.2, 0) is 7.05 Å². The van der Waals surface area contributed by atoms with Crippen LogP contribution >= 0.6 is 0 Å². The van der Waals surface area contributed by atoms with Gasteiger partial charge in [0.2, 0.25) is 0 Å². The number of aromatic nitrogens is 3. The molecule has 7 nitrogen and oxygen atoms in total. The maximum absolute atomic E-state index is 12.5. The number of aliphatic hydroxyl groups is 1. The summed E-state index contributed by atoms with van der Waals surface area (Å²) in [4.78, 5) is 12.5. The Balaban J connectivity index is 1.87. The second-order valence-electron chi connectivity index (χ2n) is 4.82. The summed E-state index contributed by atoms with van der Waals surface area (Å²) in [7, 11) is 1.77. The SMILES string of the molecule is Cn1ncc(C(=O)NC(CO)c2ccco2)c1-n1cccc1. The maximum atomic E-state index is 12.5. The summed E-state index contributed by atoms with van der Waals surface area (Å²) in [5, 5.41) is 16.3. The standard InChI is InChI=1S/C15H16N4O3/c1-18-15(19-6-2-3-7-19)11(9-16-18)14(21)17-12(10-20)13-5-4-8-22-13/h2-9,12,20H,10H2,1H3,(H,17,21). The molecule has 3 heterocycles. The van der Waals surface area contributed by atoms with Crippen molar-refractivity contribution < 1.29 is 14.3 Å². The average molecular weight is 300 g/mol. The molecular weight excluding hydrogens is 284 g/mol. The minimum Gasteiger partial charge on any atom is -0.467 e. The van der Waals surface area contributed by atoms with Crippen LogP contribution in [0, 0.1) is 0 Å². The lowest BCUT2D eigenvalue weighted by molar-refractivity contribution is 0.0907. The van der Waals surface area contributed by atoms with E-state index in [-0.39, 0.29) is 12.5 Å². The number of hydrogen-bond acceptors (Lipinski definition) is 4. The Morgan fingerprint density at radius 2 is 2.18 bits per heavy atom. The highest BCUT2D eigenvalue weighted by molar-refractivity contribution is 5.97. The Labute approximate surface area is 126 Å². The molecule has 3 rings (SSSR count). The summed E-state index contributed by atoms with van der Waals surface area (Å²) in [6, 6.07) is 6.55. The molecule has 0 aliphatic heterocycles. The summed E-state index contributed by atoms with van der Waals surface area (Å²) in [5.41, 5.74) is 0.420. The van der Waals surface area contributed by atoms with Gasteiger partial charge < -0.3 is 19.4 Å². The zero-order valence-corrected chi connectivity index (χ0v) is 12.0. The predicted molar refractivity (Wildman–Crippen MR) is 78.5 cm³/mol. The number of amides is 1. The van der Waals surface area contributed by atoms with Crippen LogP contribution in [-0.4, -0.2) is 32.0 Å². The van der Waals surface area contributed by atoms with Gasteiger partial charge in [0.1, 0.15) is 23.2 Å². The van der Waals surface area contributed by atoms with Crippen molar-refractivity contribution in [3.8, 4) is 5.82 Å². The van der Waals surface area contributed by atoms with E-state index in [1.807, 2.05) is 29.1 Å². The second kappa shape index (κ2) is 5.90. The van der Waals surface area contributed by atoms with Crippen molar-refractivity contribution in [2.75, 3.05) is 6.61 Å². The van der Waals surface area contributed by atoms with E-state index in [2.05, 4.69) is 10.4 Å². The first-order chi connectivity index (χ1) is 10.7. The van der Waals surface area contributed by atoms with Crippen molar-refractivity contribution in [2.24, 2.45) is 7.05 Å². The quantitative estimate of drug-likeness (QED) is 0.743. The Bertz CT molecular complexity index is 744. The van der Waals surface area contributed by atoms with Crippen LogP contribution in [0.15, 0.2) is 53.5 Å². The number of aryl methyl sites for hydroxylation is 1. The zero-order valence-electron chi connectivity index (χ0n) is 12.0. The van der Waals surface area contributed by atoms with Crippen LogP contribution < -0.4 is 5.32 Å². The third kappa shape index (κ3) is 2.53. The van der Waals surface area contributed by atoms with E-state index < -0.39 is 6.04 Å². The fourth-order valence-electron chi connectivity index (χ4n) is 2.31. The van der Waals surface area contributed by atoms with Crippen LogP contribution in [0.4, 0.5) is 0 Å². The molecule has 1 unspecified atom stereocenters. The monoisotopic (exact) mass is 300 g/mol. The molecule has 0 bridgehead atoms. The average Bonchev–Trinajstić information content (AvgIpc) is 3.24. The van der Waals surface area contributed by atoms with Gasteiger partial charge in [0, 0.05) is 19.4 Å². The van der Waals surface area contributed by atoms with Gasteiger partial charge in [-0.1, -0.05) is 0 Å². The minimum atomic E-state index is -0.597. The van der Waals surface area contributed by atoms with Crippen LogP contribution in [0.2, 0.25) is 0 Å². The van der Waals surface area contributed by atoms with Gasteiger partial charge in [0.05, 0.1) is 19.1 Å². The third-order valence-electron chi connectivity index (χ3n) is 3.38. The molecule has 114 valence electrons. The molecule has 0 fully saturated rings. The van der Waals surface area contributed by atoms with Gasteiger partial charge in [0.25, 0.3) is 5.91 Å². The molecule has 22 heavy (non-hydrogen) atoms. The maximum Gasteiger partial charge on any atom is 0.257 e. The first-order valence-electron chi connectivity index (χ1n) is 6.81. The lowest BCUT2D eigenvalue weighted by atomic mass is 10.2. The van der Waals surface area contributed by atoms with Crippen molar-refractivity contribution in [3.63, 3.8) is 0 Å². The van der Waals surface area contributed by atoms with Crippen LogP contribution in [0.5, 0.6) is 0 Å². The number of carbonyl (C=O) groups excluding carboxylic acids is 1. The summed E-state index contributed by atoms with van der Waals surface area (Å²) in [6.45, 7) is -0.252. The number of rotatable bonds is 5. The molecule has 0 aromatic carbocycles. The number of carbonyl (C=O) groups is 1. The van der Waals surface area contributed by atoms with Crippen molar-refractivity contribution >= 4 is 5.91 Å². The molecule has 1 atom stereocenters. The summed E-state index contributed by atoms with van der Waals surface area (Å²) < 4.78 is 8.66.